The second-order valence-corrected chi connectivity index (χ2v) is 7.96. The van der Waals surface area contributed by atoms with Gasteiger partial charge in [-0.2, -0.15) is 0 Å². The molecule has 0 aromatic carbocycles. The summed E-state index contributed by atoms with van der Waals surface area (Å²) < 4.78 is 11.8. The van der Waals surface area contributed by atoms with Gasteiger partial charge in [0.2, 0.25) is 6.41 Å². The normalized spacial score (nSPS) is 11.8. The second kappa shape index (κ2) is 21.2. The highest BCUT2D eigenvalue weighted by molar-refractivity contribution is 4.49. The lowest BCUT2D eigenvalue weighted by molar-refractivity contribution is -0.212. The zero-order valence-corrected chi connectivity index (χ0v) is 18.6. The number of hydrogen-bond donors (Lipinski definition) is 0. The average Bonchev–Trinajstić information content (AvgIpc) is 2.63. The molecule has 0 aromatic rings. The van der Waals surface area contributed by atoms with Crippen molar-refractivity contribution >= 4 is 0 Å². The zero-order valence-electron chi connectivity index (χ0n) is 18.6. The van der Waals surface area contributed by atoms with E-state index in [4.69, 9.17) is 9.47 Å². The van der Waals surface area contributed by atoms with Crippen LogP contribution in [0.15, 0.2) is 0 Å². The van der Waals surface area contributed by atoms with Crippen LogP contribution in [0.25, 0.3) is 0 Å². The van der Waals surface area contributed by atoms with Crippen molar-refractivity contribution in [2.24, 2.45) is 0 Å². The first kappa shape index (κ1) is 25.9. The summed E-state index contributed by atoms with van der Waals surface area (Å²) in [5.41, 5.74) is 0. The SMILES string of the molecule is CCCCCCCCCCOC(OCCCCCCCCCC)N(C)C. The molecule has 0 spiro atoms. The maximum atomic E-state index is 5.92. The zero-order chi connectivity index (χ0) is 19.3. The van der Waals surface area contributed by atoms with Gasteiger partial charge in [0.05, 0.1) is 13.2 Å². The molecule has 0 N–H and O–H groups in total. The van der Waals surface area contributed by atoms with Gasteiger partial charge < -0.3 is 9.47 Å². The van der Waals surface area contributed by atoms with Gasteiger partial charge in [0.25, 0.3) is 0 Å². The van der Waals surface area contributed by atoms with Crippen molar-refractivity contribution in [3.05, 3.63) is 0 Å². The van der Waals surface area contributed by atoms with E-state index in [1.165, 1.54) is 89.9 Å². The first-order chi connectivity index (χ1) is 12.7. The summed E-state index contributed by atoms with van der Waals surface area (Å²) in [6.07, 6.45) is 21.2. The van der Waals surface area contributed by atoms with Crippen molar-refractivity contribution in [3.63, 3.8) is 0 Å². The Hall–Kier alpha value is -0.120. The Morgan fingerprint density at radius 3 is 1.12 bits per heavy atom. The molecule has 0 atom stereocenters. The van der Waals surface area contributed by atoms with Crippen LogP contribution in [0.5, 0.6) is 0 Å². The highest BCUT2D eigenvalue weighted by Crippen LogP contribution is 2.11. The van der Waals surface area contributed by atoms with Crippen LogP contribution in [0, 0.1) is 0 Å². The maximum absolute atomic E-state index is 5.92. The van der Waals surface area contributed by atoms with Crippen LogP contribution in [0.1, 0.15) is 117 Å². The minimum absolute atomic E-state index is 0.177. The van der Waals surface area contributed by atoms with Crippen LogP contribution in [-0.4, -0.2) is 38.6 Å². The van der Waals surface area contributed by atoms with E-state index in [-0.39, 0.29) is 6.41 Å². The van der Waals surface area contributed by atoms with E-state index in [9.17, 15) is 0 Å². The summed E-state index contributed by atoms with van der Waals surface area (Å²) in [7, 11) is 4.07. The van der Waals surface area contributed by atoms with Crippen LogP contribution in [0.3, 0.4) is 0 Å². The Morgan fingerprint density at radius 1 is 0.500 bits per heavy atom. The highest BCUT2D eigenvalue weighted by Gasteiger charge is 2.11. The number of unbranched alkanes of at least 4 members (excludes halogenated alkanes) is 14. The van der Waals surface area contributed by atoms with Crippen molar-refractivity contribution in [1.29, 1.82) is 0 Å². The van der Waals surface area contributed by atoms with E-state index in [1.807, 2.05) is 19.0 Å². The van der Waals surface area contributed by atoms with Gasteiger partial charge in [-0.3, -0.25) is 4.90 Å². The molecule has 0 aliphatic carbocycles. The summed E-state index contributed by atoms with van der Waals surface area (Å²) in [6.45, 7) is 6.18. The van der Waals surface area contributed by atoms with E-state index in [1.54, 1.807) is 0 Å². The van der Waals surface area contributed by atoms with Gasteiger partial charge in [-0.1, -0.05) is 104 Å². The fourth-order valence-electron chi connectivity index (χ4n) is 3.19. The topological polar surface area (TPSA) is 21.7 Å². The molecule has 0 amide bonds. The van der Waals surface area contributed by atoms with Gasteiger partial charge in [-0.15, -0.1) is 0 Å². The Morgan fingerprint density at radius 2 is 0.808 bits per heavy atom. The van der Waals surface area contributed by atoms with Crippen LogP contribution in [0.2, 0.25) is 0 Å². The Labute approximate surface area is 165 Å². The maximum Gasteiger partial charge on any atom is 0.218 e. The highest BCUT2D eigenvalue weighted by atomic mass is 16.7. The monoisotopic (exact) mass is 371 g/mol. The van der Waals surface area contributed by atoms with Gasteiger partial charge >= 0.3 is 0 Å². The molecule has 3 heteroatoms. The van der Waals surface area contributed by atoms with Gasteiger partial charge in [0.15, 0.2) is 0 Å². The Balaban J connectivity index is 3.45. The minimum Gasteiger partial charge on any atom is -0.340 e. The van der Waals surface area contributed by atoms with Gasteiger partial charge in [0.1, 0.15) is 0 Å². The van der Waals surface area contributed by atoms with Crippen LogP contribution in [-0.2, 0) is 9.47 Å². The predicted octanol–water partition coefficient (Wildman–Crippen LogP) is 7.15. The van der Waals surface area contributed by atoms with Gasteiger partial charge in [-0.25, -0.2) is 0 Å². The molecule has 158 valence electrons. The fraction of sp³-hybridized carbons (Fsp3) is 1.00. The minimum atomic E-state index is -0.177. The van der Waals surface area contributed by atoms with Gasteiger partial charge in [-0.05, 0) is 26.9 Å². The third-order valence-corrected chi connectivity index (χ3v) is 4.94. The molecule has 0 aromatic heterocycles. The van der Waals surface area contributed by atoms with Crippen molar-refractivity contribution in [1.82, 2.24) is 4.90 Å². The summed E-state index contributed by atoms with van der Waals surface area (Å²) in [4.78, 5) is 2.04. The molecule has 0 saturated heterocycles. The number of rotatable bonds is 21. The number of hydrogen-bond acceptors (Lipinski definition) is 3. The molecular weight excluding hydrogens is 322 g/mol. The van der Waals surface area contributed by atoms with E-state index in [0.717, 1.165) is 26.1 Å². The first-order valence-corrected chi connectivity index (χ1v) is 11.6. The van der Waals surface area contributed by atoms with E-state index < -0.39 is 0 Å². The van der Waals surface area contributed by atoms with Crippen LogP contribution < -0.4 is 0 Å². The standard InChI is InChI=1S/C23H49NO2/c1-5-7-9-11-13-15-17-19-21-25-23(24(3)4)26-22-20-18-16-14-12-10-8-6-2/h23H,5-22H2,1-4H3. The van der Waals surface area contributed by atoms with Crippen LogP contribution in [0.4, 0.5) is 0 Å². The molecule has 0 rings (SSSR count). The van der Waals surface area contributed by atoms with Crippen molar-refractivity contribution < 1.29 is 9.47 Å². The summed E-state index contributed by atoms with van der Waals surface area (Å²) in [5, 5.41) is 0. The second-order valence-electron chi connectivity index (χ2n) is 7.96. The summed E-state index contributed by atoms with van der Waals surface area (Å²) in [6, 6.07) is 0. The smallest absolute Gasteiger partial charge is 0.218 e. The number of nitrogens with zero attached hydrogens (tertiary/aromatic N) is 1. The van der Waals surface area contributed by atoms with Crippen LogP contribution >= 0.6 is 0 Å². The molecular formula is C23H49NO2. The summed E-state index contributed by atoms with van der Waals surface area (Å²) in [5.74, 6) is 0. The fourth-order valence-corrected chi connectivity index (χ4v) is 3.19. The molecule has 0 heterocycles. The summed E-state index contributed by atoms with van der Waals surface area (Å²) >= 11 is 0. The molecule has 3 nitrogen and oxygen atoms in total. The quantitative estimate of drug-likeness (QED) is 0.158. The third kappa shape index (κ3) is 18.7. The lowest BCUT2D eigenvalue weighted by Crippen LogP contribution is -2.34. The lowest BCUT2D eigenvalue weighted by atomic mass is 10.1. The first-order valence-electron chi connectivity index (χ1n) is 11.6. The molecule has 0 unspecified atom stereocenters. The van der Waals surface area contributed by atoms with Crippen molar-refractivity contribution in [2.75, 3.05) is 27.3 Å². The molecule has 0 saturated carbocycles. The molecule has 0 aliphatic heterocycles. The van der Waals surface area contributed by atoms with E-state index in [2.05, 4.69) is 13.8 Å². The third-order valence-electron chi connectivity index (χ3n) is 4.94. The molecule has 0 radical (unpaired) electrons. The average molecular weight is 372 g/mol. The van der Waals surface area contributed by atoms with E-state index >= 15 is 0 Å². The van der Waals surface area contributed by atoms with Crippen molar-refractivity contribution in [2.45, 2.75) is 123 Å². The molecule has 0 aliphatic rings. The Kier molecular flexibility index (Phi) is 21.1. The molecule has 0 fully saturated rings. The number of ether oxygens (including phenoxy) is 2. The largest absolute Gasteiger partial charge is 0.340 e. The molecule has 0 bridgehead atoms. The lowest BCUT2D eigenvalue weighted by Gasteiger charge is -2.24. The van der Waals surface area contributed by atoms with E-state index in [0.29, 0.717) is 0 Å². The predicted molar refractivity (Wildman–Crippen MR) is 115 cm³/mol. The molecule has 26 heavy (non-hydrogen) atoms. The van der Waals surface area contributed by atoms with Crippen molar-refractivity contribution in [3.8, 4) is 0 Å². The van der Waals surface area contributed by atoms with Gasteiger partial charge in [0, 0.05) is 0 Å². The Bertz CT molecular complexity index is 237.